The predicted molar refractivity (Wildman–Crippen MR) is 222 cm³/mol. The minimum absolute atomic E-state index is 0.0224. The lowest BCUT2D eigenvalue weighted by atomic mass is 9.82. The van der Waals surface area contributed by atoms with E-state index in [1.54, 1.807) is 0 Å². The largest absolute Gasteiger partial charge is 0.228 e. The standard InChI is InChI=1S/C51H36N2/c1-51(2)46-22-11-10-20-43(46)45-31-37(27-30-47(45)51)40-28-29-44(42-19-9-8-18-41(40)42)50-52-48(35-14-4-3-5-15-35)32-49(53-50)36-25-23-34(24-26-36)39-21-12-16-33-13-6-7-17-38(33)39/h3-32H,1-2H3. The first-order valence-electron chi connectivity index (χ1n) is 18.3. The smallest absolute Gasteiger partial charge is 0.161 e. The Hall–Kier alpha value is -6.64. The van der Waals surface area contributed by atoms with Crippen LogP contribution in [0.25, 0.3) is 88.8 Å². The van der Waals surface area contributed by atoms with Crippen LogP contribution in [0.1, 0.15) is 25.0 Å². The molecule has 0 saturated heterocycles. The van der Waals surface area contributed by atoms with Crippen LogP contribution in [0.2, 0.25) is 0 Å². The van der Waals surface area contributed by atoms with Gasteiger partial charge < -0.3 is 0 Å². The summed E-state index contributed by atoms with van der Waals surface area (Å²) in [6.07, 6.45) is 0. The molecule has 2 heteroatoms. The summed E-state index contributed by atoms with van der Waals surface area (Å²) >= 11 is 0. The molecule has 53 heavy (non-hydrogen) atoms. The van der Waals surface area contributed by atoms with Crippen LogP contribution in [0, 0.1) is 0 Å². The first kappa shape index (κ1) is 31.1. The fourth-order valence-electron chi connectivity index (χ4n) is 8.40. The van der Waals surface area contributed by atoms with Gasteiger partial charge in [-0.15, -0.1) is 0 Å². The summed E-state index contributed by atoms with van der Waals surface area (Å²) in [5.41, 5.74) is 15.2. The number of aromatic nitrogens is 2. The van der Waals surface area contributed by atoms with Gasteiger partial charge in [-0.3, -0.25) is 0 Å². The van der Waals surface area contributed by atoms with Crippen molar-refractivity contribution in [2.45, 2.75) is 19.3 Å². The van der Waals surface area contributed by atoms with E-state index in [-0.39, 0.29) is 5.41 Å². The highest BCUT2D eigenvalue weighted by Crippen LogP contribution is 2.50. The van der Waals surface area contributed by atoms with Gasteiger partial charge in [-0.25, -0.2) is 9.97 Å². The fraction of sp³-hybridized carbons (Fsp3) is 0.0588. The van der Waals surface area contributed by atoms with Crippen LogP contribution in [0.3, 0.4) is 0 Å². The van der Waals surface area contributed by atoms with Crippen molar-refractivity contribution in [2.75, 3.05) is 0 Å². The molecular weight excluding hydrogens is 641 g/mol. The summed E-state index contributed by atoms with van der Waals surface area (Å²) in [6, 6.07) is 65.4. The van der Waals surface area contributed by atoms with Gasteiger partial charge >= 0.3 is 0 Å². The van der Waals surface area contributed by atoms with Crippen LogP contribution in [-0.2, 0) is 5.41 Å². The molecule has 0 fully saturated rings. The number of rotatable bonds is 5. The molecule has 1 heterocycles. The van der Waals surface area contributed by atoms with Crippen LogP contribution >= 0.6 is 0 Å². The molecule has 0 atom stereocenters. The first-order chi connectivity index (χ1) is 26.0. The third kappa shape index (κ3) is 5.18. The van der Waals surface area contributed by atoms with Crippen molar-refractivity contribution in [3.63, 3.8) is 0 Å². The Balaban J connectivity index is 1.10. The Labute approximate surface area is 310 Å². The van der Waals surface area contributed by atoms with Gasteiger partial charge in [0.05, 0.1) is 11.4 Å². The Morgan fingerprint density at radius 2 is 0.868 bits per heavy atom. The van der Waals surface area contributed by atoms with E-state index in [0.29, 0.717) is 5.82 Å². The van der Waals surface area contributed by atoms with Crippen LogP contribution in [0.15, 0.2) is 182 Å². The van der Waals surface area contributed by atoms with Crippen molar-refractivity contribution in [1.82, 2.24) is 9.97 Å². The molecule has 0 saturated carbocycles. The van der Waals surface area contributed by atoms with E-state index in [9.17, 15) is 0 Å². The molecule has 1 aliphatic rings. The minimum Gasteiger partial charge on any atom is -0.228 e. The first-order valence-corrected chi connectivity index (χ1v) is 18.3. The normalized spacial score (nSPS) is 12.9. The molecular formula is C51H36N2. The summed E-state index contributed by atoms with van der Waals surface area (Å²) in [6.45, 7) is 4.66. The van der Waals surface area contributed by atoms with Crippen molar-refractivity contribution >= 4 is 21.5 Å². The van der Waals surface area contributed by atoms with Crippen molar-refractivity contribution in [2.24, 2.45) is 0 Å². The molecule has 250 valence electrons. The summed E-state index contributed by atoms with van der Waals surface area (Å²) in [5.74, 6) is 0.715. The number of hydrogen-bond acceptors (Lipinski definition) is 2. The monoisotopic (exact) mass is 676 g/mol. The summed E-state index contributed by atoms with van der Waals surface area (Å²) < 4.78 is 0. The summed E-state index contributed by atoms with van der Waals surface area (Å²) in [5, 5.41) is 4.81. The molecule has 1 aliphatic carbocycles. The highest BCUT2D eigenvalue weighted by molar-refractivity contribution is 6.05. The maximum atomic E-state index is 5.28. The number of nitrogens with zero attached hydrogens (tertiary/aromatic N) is 2. The third-order valence-electron chi connectivity index (χ3n) is 11.1. The maximum absolute atomic E-state index is 5.28. The molecule has 9 aromatic rings. The Morgan fingerprint density at radius 1 is 0.340 bits per heavy atom. The fourth-order valence-corrected chi connectivity index (χ4v) is 8.40. The average molecular weight is 677 g/mol. The molecule has 0 aliphatic heterocycles. The van der Waals surface area contributed by atoms with Crippen molar-refractivity contribution in [3.8, 4) is 67.3 Å². The third-order valence-corrected chi connectivity index (χ3v) is 11.1. The summed E-state index contributed by atoms with van der Waals surface area (Å²) in [7, 11) is 0. The van der Waals surface area contributed by atoms with Gasteiger partial charge in [0.15, 0.2) is 5.82 Å². The van der Waals surface area contributed by atoms with Gasteiger partial charge in [0.2, 0.25) is 0 Å². The second-order valence-corrected chi connectivity index (χ2v) is 14.6. The molecule has 10 rings (SSSR count). The molecule has 0 radical (unpaired) electrons. The quantitative estimate of drug-likeness (QED) is 0.181. The molecule has 1 aromatic heterocycles. The lowest BCUT2D eigenvalue weighted by Crippen LogP contribution is -2.14. The van der Waals surface area contributed by atoms with E-state index in [2.05, 4.69) is 190 Å². The van der Waals surface area contributed by atoms with Gasteiger partial charge in [-0.05, 0) is 84.3 Å². The lowest BCUT2D eigenvalue weighted by Gasteiger charge is -2.21. The average Bonchev–Trinajstić information content (AvgIpc) is 3.45. The highest BCUT2D eigenvalue weighted by atomic mass is 14.9. The topological polar surface area (TPSA) is 25.8 Å². The van der Waals surface area contributed by atoms with E-state index in [4.69, 9.17) is 9.97 Å². The Bertz CT molecular complexity index is 2840. The van der Waals surface area contributed by atoms with Crippen molar-refractivity contribution in [1.29, 1.82) is 0 Å². The zero-order valence-electron chi connectivity index (χ0n) is 29.7. The molecule has 0 unspecified atom stereocenters. The van der Waals surface area contributed by atoms with Crippen LogP contribution in [0.5, 0.6) is 0 Å². The Kier molecular flexibility index (Phi) is 7.19. The molecule has 8 aromatic carbocycles. The zero-order chi connectivity index (χ0) is 35.5. The van der Waals surface area contributed by atoms with Crippen LogP contribution < -0.4 is 0 Å². The van der Waals surface area contributed by atoms with E-state index in [1.165, 1.54) is 60.7 Å². The zero-order valence-corrected chi connectivity index (χ0v) is 29.7. The molecule has 0 amide bonds. The van der Waals surface area contributed by atoms with Crippen molar-refractivity contribution in [3.05, 3.63) is 193 Å². The summed E-state index contributed by atoms with van der Waals surface area (Å²) in [4.78, 5) is 10.5. The van der Waals surface area contributed by atoms with Crippen molar-refractivity contribution < 1.29 is 0 Å². The maximum Gasteiger partial charge on any atom is 0.161 e. The van der Waals surface area contributed by atoms with Gasteiger partial charge in [0.1, 0.15) is 0 Å². The number of fused-ring (bicyclic) bond motifs is 5. The number of hydrogen-bond donors (Lipinski definition) is 0. The SMILES string of the molecule is CC1(C)c2ccccc2-c2cc(-c3ccc(-c4nc(-c5ccccc5)cc(-c5ccc(-c6cccc7ccccc67)cc5)n4)c4ccccc34)ccc21. The van der Waals surface area contributed by atoms with E-state index >= 15 is 0 Å². The second-order valence-electron chi connectivity index (χ2n) is 14.6. The Morgan fingerprint density at radius 3 is 1.66 bits per heavy atom. The van der Waals surface area contributed by atoms with Gasteiger partial charge in [0, 0.05) is 22.1 Å². The molecule has 0 N–H and O–H groups in total. The molecule has 0 spiro atoms. The van der Waals surface area contributed by atoms with Gasteiger partial charge in [-0.2, -0.15) is 0 Å². The van der Waals surface area contributed by atoms with E-state index in [0.717, 1.165) is 33.5 Å². The lowest BCUT2D eigenvalue weighted by molar-refractivity contribution is 0.660. The van der Waals surface area contributed by atoms with E-state index in [1.807, 2.05) is 6.07 Å². The predicted octanol–water partition coefficient (Wildman–Crippen LogP) is 13.4. The van der Waals surface area contributed by atoms with Gasteiger partial charge in [0.25, 0.3) is 0 Å². The number of benzene rings is 8. The van der Waals surface area contributed by atoms with Gasteiger partial charge in [-0.1, -0.05) is 178 Å². The molecule has 2 nitrogen and oxygen atoms in total. The van der Waals surface area contributed by atoms with E-state index < -0.39 is 0 Å². The highest BCUT2D eigenvalue weighted by Gasteiger charge is 2.35. The minimum atomic E-state index is -0.0224. The van der Waals surface area contributed by atoms with Crippen LogP contribution in [0.4, 0.5) is 0 Å². The van der Waals surface area contributed by atoms with Crippen LogP contribution in [-0.4, -0.2) is 9.97 Å². The second kappa shape index (κ2) is 12.3. The molecule has 0 bridgehead atoms.